The van der Waals surface area contributed by atoms with Crippen molar-refractivity contribution in [2.75, 3.05) is 24.8 Å². The van der Waals surface area contributed by atoms with Crippen molar-refractivity contribution in [3.05, 3.63) is 48.8 Å². The molecule has 0 amide bonds. The van der Waals surface area contributed by atoms with E-state index in [1.807, 2.05) is 36.6 Å². The van der Waals surface area contributed by atoms with Crippen molar-refractivity contribution in [2.45, 2.75) is 51.2 Å². The molecule has 0 spiro atoms. The molecule has 0 aliphatic heterocycles. The van der Waals surface area contributed by atoms with Gasteiger partial charge in [-0.15, -0.1) is 0 Å². The van der Waals surface area contributed by atoms with Crippen molar-refractivity contribution in [1.29, 1.82) is 0 Å². The number of nitrogen functional groups attached to an aromatic ring is 1. The lowest BCUT2D eigenvalue weighted by molar-refractivity contribution is -0.143. The topological polar surface area (TPSA) is 156 Å². The summed E-state index contributed by atoms with van der Waals surface area (Å²) in [6.07, 6.45) is 8.66. The van der Waals surface area contributed by atoms with Crippen LogP contribution in [-0.4, -0.2) is 51.3 Å². The molecule has 0 radical (unpaired) electrons. The number of carbonyl (C=O) groups is 1. The van der Waals surface area contributed by atoms with E-state index in [4.69, 9.17) is 19.5 Å². The van der Waals surface area contributed by atoms with E-state index in [1.54, 1.807) is 30.6 Å². The minimum Gasteiger partial charge on any atom is -0.468 e. The number of fused-ring (bicyclic) bond motifs is 1. The van der Waals surface area contributed by atoms with Crippen molar-refractivity contribution >= 4 is 36.6 Å². The number of aromatic nitrogens is 4. The van der Waals surface area contributed by atoms with Crippen LogP contribution in [0.1, 0.15) is 39.2 Å². The van der Waals surface area contributed by atoms with Crippen LogP contribution in [0.4, 0.5) is 11.8 Å². The summed E-state index contributed by atoms with van der Waals surface area (Å²) in [4.78, 5) is 25.7. The Bertz CT molecular complexity index is 1390. The van der Waals surface area contributed by atoms with Gasteiger partial charge in [-0.2, -0.15) is 15.1 Å². The highest BCUT2D eigenvalue weighted by Crippen LogP contribution is 2.47. The molecule has 12 nitrogen and oxygen atoms in total. The van der Waals surface area contributed by atoms with Gasteiger partial charge >= 0.3 is 13.7 Å². The Balaban J connectivity index is 1.29. The Morgan fingerprint density at radius 1 is 1.21 bits per heavy atom. The summed E-state index contributed by atoms with van der Waals surface area (Å²) in [5.41, 5.74) is 7.33. The molecule has 208 valence electrons. The molecule has 2 aliphatic carbocycles. The molecule has 2 aliphatic rings. The van der Waals surface area contributed by atoms with E-state index in [9.17, 15) is 9.36 Å². The number of ether oxygens (including phenoxy) is 1. The smallest absolute Gasteiger partial charge is 0.459 e. The van der Waals surface area contributed by atoms with Crippen molar-refractivity contribution in [2.24, 2.45) is 11.8 Å². The van der Waals surface area contributed by atoms with Gasteiger partial charge in [-0.25, -0.2) is 9.55 Å². The number of rotatable bonds is 12. The summed E-state index contributed by atoms with van der Waals surface area (Å²) in [6.45, 7) is 3.75. The second-order valence-corrected chi connectivity index (χ2v) is 11.9. The van der Waals surface area contributed by atoms with Gasteiger partial charge < -0.3 is 24.9 Å². The fraction of sp³-hybridized carbons (Fsp3) is 0.462. The van der Waals surface area contributed by atoms with Crippen LogP contribution in [0.5, 0.6) is 5.75 Å². The zero-order valence-corrected chi connectivity index (χ0v) is 23.1. The van der Waals surface area contributed by atoms with Crippen LogP contribution < -0.4 is 20.7 Å². The van der Waals surface area contributed by atoms with Gasteiger partial charge in [0, 0.05) is 12.0 Å². The van der Waals surface area contributed by atoms with E-state index in [0.29, 0.717) is 35.2 Å². The maximum Gasteiger partial charge on any atom is 0.459 e. The molecule has 1 aromatic carbocycles. The van der Waals surface area contributed by atoms with Crippen molar-refractivity contribution < 1.29 is 23.1 Å². The van der Waals surface area contributed by atoms with Crippen LogP contribution in [0, 0.1) is 11.8 Å². The number of methoxy groups -OCH3 is 1. The Morgan fingerprint density at radius 3 is 2.67 bits per heavy atom. The molecule has 5 rings (SSSR count). The van der Waals surface area contributed by atoms with Gasteiger partial charge in [0.15, 0.2) is 17.0 Å². The monoisotopic (exact) mass is 555 g/mol. The molecule has 1 saturated carbocycles. The third-order valence-electron chi connectivity index (χ3n) is 6.71. The number of para-hydroxylation sites is 1. The average molecular weight is 556 g/mol. The van der Waals surface area contributed by atoms with Crippen LogP contribution >= 0.6 is 7.75 Å². The first kappa shape index (κ1) is 27.1. The summed E-state index contributed by atoms with van der Waals surface area (Å²) < 4.78 is 32.5. The molecule has 2 aromatic heterocycles. The molecule has 4 atom stereocenters. The summed E-state index contributed by atoms with van der Waals surface area (Å²) in [6, 6.07) is 8.18. The van der Waals surface area contributed by atoms with Crippen LogP contribution in [-0.2, 0) is 18.6 Å². The van der Waals surface area contributed by atoms with Gasteiger partial charge in [0.05, 0.1) is 26.1 Å². The first-order chi connectivity index (χ1) is 18.7. The quantitative estimate of drug-likeness (QED) is 0.168. The molecular formula is C26H34N7O5P. The number of carbonyl (C=O) groups excluding carboxylic acids is 1. The van der Waals surface area contributed by atoms with Gasteiger partial charge in [0.1, 0.15) is 11.8 Å². The van der Waals surface area contributed by atoms with E-state index in [-0.39, 0.29) is 30.4 Å². The number of allylic oxidation sites excluding steroid dienone is 1. The van der Waals surface area contributed by atoms with Gasteiger partial charge in [0.2, 0.25) is 5.95 Å². The zero-order chi connectivity index (χ0) is 27.6. The number of nitrogens with one attached hydrogen (secondary N) is 2. The van der Waals surface area contributed by atoms with Gasteiger partial charge in [-0.3, -0.25) is 9.32 Å². The number of anilines is 2. The second kappa shape index (κ2) is 11.3. The number of imidazole rings is 1. The predicted octanol–water partition coefficient (Wildman–Crippen LogP) is 4.09. The fourth-order valence-corrected chi connectivity index (χ4v) is 6.17. The zero-order valence-electron chi connectivity index (χ0n) is 22.2. The number of esters is 1. The third kappa shape index (κ3) is 6.41. The summed E-state index contributed by atoms with van der Waals surface area (Å²) in [5.74, 6) is 0.364. The normalized spacial score (nSPS) is 21.1. The highest BCUT2D eigenvalue weighted by Gasteiger charge is 2.37. The fourth-order valence-electron chi connectivity index (χ4n) is 4.46. The Morgan fingerprint density at radius 2 is 1.97 bits per heavy atom. The number of benzene rings is 1. The molecule has 13 heteroatoms. The molecular weight excluding hydrogens is 521 g/mol. The third-order valence-corrected chi connectivity index (χ3v) is 8.24. The minimum absolute atomic E-state index is 0.0486. The lowest BCUT2D eigenvalue weighted by Crippen LogP contribution is -2.41. The van der Waals surface area contributed by atoms with Gasteiger partial charge in [-0.1, -0.05) is 44.2 Å². The molecule has 1 fully saturated rings. The van der Waals surface area contributed by atoms with Crippen LogP contribution in [0.2, 0.25) is 0 Å². The van der Waals surface area contributed by atoms with Crippen molar-refractivity contribution in [3.63, 3.8) is 0 Å². The molecule has 2 heterocycles. The van der Waals surface area contributed by atoms with E-state index in [2.05, 4.69) is 25.4 Å². The van der Waals surface area contributed by atoms with Crippen LogP contribution in [0.25, 0.3) is 11.2 Å². The molecule has 4 N–H and O–H groups in total. The Labute approximate surface area is 226 Å². The summed E-state index contributed by atoms with van der Waals surface area (Å²) in [7, 11) is -2.67. The van der Waals surface area contributed by atoms with Crippen molar-refractivity contribution in [3.8, 4) is 5.75 Å². The lowest BCUT2D eigenvalue weighted by Gasteiger charge is -2.27. The predicted molar refractivity (Wildman–Crippen MR) is 147 cm³/mol. The number of nitrogens with two attached hydrogens (primary N) is 1. The van der Waals surface area contributed by atoms with E-state index >= 15 is 0 Å². The van der Waals surface area contributed by atoms with Gasteiger partial charge in [-0.05, 0) is 37.3 Å². The first-order valence-electron chi connectivity index (χ1n) is 13.0. The van der Waals surface area contributed by atoms with Crippen LogP contribution in [0.15, 0.2) is 48.8 Å². The maximum absolute atomic E-state index is 13.9. The first-order valence-corrected chi connectivity index (χ1v) is 14.6. The van der Waals surface area contributed by atoms with E-state index < -0.39 is 19.8 Å². The highest BCUT2D eigenvalue weighted by atomic mass is 31.2. The standard InChI is InChI=1S/C26H34N7O5P/c1-16(2)21(25(34)36-3)32-39(35,38-20-7-5-4-6-8-20)37-14-17-9-12-19(13-17)33-15-28-22-23(29-18-10-11-18)30-26(27)31-24(22)33/h4-9,12,15-19,21H,10-11,13-14H2,1-3H3,(H,32,35)(H3,27,29,30,31)/t17-,19?,21?,39?/m1/s1. The number of hydrogen-bond acceptors (Lipinski definition) is 10. The largest absolute Gasteiger partial charge is 0.468 e. The van der Waals surface area contributed by atoms with Crippen LogP contribution in [0.3, 0.4) is 0 Å². The molecule has 0 saturated heterocycles. The maximum atomic E-state index is 13.9. The Hall–Kier alpha value is -3.47. The molecule has 39 heavy (non-hydrogen) atoms. The molecule has 3 aromatic rings. The highest BCUT2D eigenvalue weighted by molar-refractivity contribution is 7.52. The number of nitrogens with zero attached hydrogens (tertiary/aromatic N) is 4. The lowest BCUT2D eigenvalue weighted by atomic mass is 10.1. The summed E-state index contributed by atoms with van der Waals surface area (Å²) >= 11 is 0. The summed E-state index contributed by atoms with van der Waals surface area (Å²) in [5, 5.41) is 6.18. The minimum atomic E-state index is -3.96. The van der Waals surface area contributed by atoms with Crippen molar-refractivity contribution in [1.82, 2.24) is 24.6 Å². The number of hydrogen-bond donors (Lipinski definition) is 3. The van der Waals surface area contributed by atoms with E-state index in [1.165, 1.54) is 7.11 Å². The molecule has 0 bridgehead atoms. The second-order valence-electron chi connectivity index (χ2n) is 10.2. The average Bonchev–Trinajstić information content (AvgIpc) is 3.42. The van der Waals surface area contributed by atoms with E-state index in [0.717, 1.165) is 12.8 Å². The molecule has 3 unspecified atom stereocenters. The SMILES string of the molecule is COC(=O)C(NP(=O)(OC[C@@H]1C=CC(n2cnc3c(NC4CC4)nc(N)nc32)C1)Oc1ccccc1)C(C)C. The Kier molecular flexibility index (Phi) is 7.88. The van der Waals surface area contributed by atoms with Gasteiger partial charge in [0.25, 0.3) is 0 Å².